The third-order valence-corrected chi connectivity index (χ3v) is 4.17. The lowest BCUT2D eigenvalue weighted by atomic mass is 10.2. The zero-order valence-corrected chi connectivity index (χ0v) is 13.9. The van der Waals surface area contributed by atoms with Crippen LogP contribution < -0.4 is 4.90 Å². The van der Waals surface area contributed by atoms with Gasteiger partial charge in [0.05, 0.1) is 11.8 Å². The SMILES string of the molecule is CC(C)(C)OC(=O)N1CCN(c2ncnc3c2CCC3O)CC1. The second-order valence-electron chi connectivity index (χ2n) is 7.07. The first-order valence-corrected chi connectivity index (χ1v) is 8.10. The fourth-order valence-corrected chi connectivity index (χ4v) is 3.06. The van der Waals surface area contributed by atoms with Gasteiger partial charge in [-0.15, -0.1) is 0 Å². The predicted octanol–water partition coefficient (Wildman–Crippen LogP) is 1.51. The molecule has 23 heavy (non-hydrogen) atoms. The van der Waals surface area contributed by atoms with Crippen molar-refractivity contribution in [3.05, 3.63) is 17.6 Å². The van der Waals surface area contributed by atoms with Crippen LogP contribution in [0.5, 0.6) is 0 Å². The van der Waals surface area contributed by atoms with Crippen LogP contribution in [0.3, 0.4) is 0 Å². The lowest BCUT2D eigenvalue weighted by molar-refractivity contribution is 0.0240. The summed E-state index contributed by atoms with van der Waals surface area (Å²) in [4.78, 5) is 24.6. The summed E-state index contributed by atoms with van der Waals surface area (Å²) in [5.74, 6) is 0.899. The largest absolute Gasteiger partial charge is 0.444 e. The maximum Gasteiger partial charge on any atom is 0.410 e. The zero-order chi connectivity index (χ0) is 16.6. The summed E-state index contributed by atoms with van der Waals surface area (Å²) in [5, 5.41) is 9.95. The van der Waals surface area contributed by atoms with Gasteiger partial charge in [-0.05, 0) is 33.6 Å². The Morgan fingerprint density at radius 3 is 2.61 bits per heavy atom. The van der Waals surface area contributed by atoms with Gasteiger partial charge in [0.1, 0.15) is 17.7 Å². The van der Waals surface area contributed by atoms with E-state index in [-0.39, 0.29) is 6.09 Å². The second kappa shape index (κ2) is 5.96. The standard InChI is InChI=1S/C16H24N4O3/c1-16(2,3)23-15(22)20-8-6-19(7-9-20)14-11-4-5-12(21)13(11)17-10-18-14/h10,12,21H,4-9H2,1-3H3. The molecule has 1 atom stereocenters. The highest BCUT2D eigenvalue weighted by Gasteiger charge is 2.30. The Morgan fingerprint density at radius 2 is 1.96 bits per heavy atom. The molecule has 0 saturated carbocycles. The minimum atomic E-state index is -0.477. The van der Waals surface area contributed by atoms with Crippen molar-refractivity contribution in [2.24, 2.45) is 0 Å². The number of hydrogen-bond donors (Lipinski definition) is 1. The van der Waals surface area contributed by atoms with Gasteiger partial charge in [-0.3, -0.25) is 0 Å². The van der Waals surface area contributed by atoms with Gasteiger partial charge in [-0.2, -0.15) is 0 Å². The molecule has 7 nitrogen and oxygen atoms in total. The number of hydrogen-bond acceptors (Lipinski definition) is 6. The summed E-state index contributed by atoms with van der Waals surface area (Å²) in [6.45, 7) is 8.24. The minimum Gasteiger partial charge on any atom is -0.444 e. The molecule has 126 valence electrons. The molecular formula is C16H24N4O3. The average Bonchev–Trinajstić information content (AvgIpc) is 2.87. The van der Waals surface area contributed by atoms with Gasteiger partial charge in [0, 0.05) is 31.7 Å². The number of amides is 1. The molecule has 1 fully saturated rings. The van der Waals surface area contributed by atoms with Crippen molar-refractivity contribution in [2.75, 3.05) is 31.1 Å². The van der Waals surface area contributed by atoms with Gasteiger partial charge in [-0.1, -0.05) is 0 Å². The molecule has 0 spiro atoms. The zero-order valence-electron chi connectivity index (χ0n) is 13.9. The van der Waals surface area contributed by atoms with Crippen molar-refractivity contribution < 1.29 is 14.6 Å². The van der Waals surface area contributed by atoms with E-state index in [2.05, 4.69) is 14.9 Å². The van der Waals surface area contributed by atoms with Gasteiger partial charge in [0.25, 0.3) is 0 Å². The average molecular weight is 320 g/mol. The maximum absolute atomic E-state index is 12.1. The van der Waals surface area contributed by atoms with E-state index in [1.807, 2.05) is 20.8 Å². The van der Waals surface area contributed by atoms with Crippen LogP contribution in [0.2, 0.25) is 0 Å². The monoisotopic (exact) mass is 320 g/mol. The Bertz CT molecular complexity index is 591. The van der Waals surface area contributed by atoms with E-state index in [9.17, 15) is 9.90 Å². The van der Waals surface area contributed by atoms with E-state index >= 15 is 0 Å². The molecule has 1 N–H and O–H groups in total. The molecule has 1 unspecified atom stereocenters. The number of piperazine rings is 1. The molecule has 1 aliphatic heterocycles. The molecule has 2 aliphatic rings. The number of rotatable bonds is 1. The highest BCUT2D eigenvalue weighted by Crippen LogP contribution is 2.34. The van der Waals surface area contributed by atoms with Crippen molar-refractivity contribution in [3.63, 3.8) is 0 Å². The molecule has 7 heteroatoms. The third-order valence-electron chi connectivity index (χ3n) is 4.17. The van der Waals surface area contributed by atoms with E-state index in [1.165, 1.54) is 6.33 Å². The second-order valence-corrected chi connectivity index (χ2v) is 7.07. The fraction of sp³-hybridized carbons (Fsp3) is 0.688. The molecule has 0 aromatic carbocycles. The van der Waals surface area contributed by atoms with Crippen molar-refractivity contribution in [3.8, 4) is 0 Å². The van der Waals surface area contributed by atoms with Crippen LogP contribution in [-0.2, 0) is 11.2 Å². The van der Waals surface area contributed by atoms with Crippen LogP contribution in [0.15, 0.2) is 6.33 Å². The first-order chi connectivity index (χ1) is 10.8. The fourth-order valence-electron chi connectivity index (χ4n) is 3.06. The molecule has 3 rings (SSSR count). The van der Waals surface area contributed by atoms with Gasteiger partial charge < -0.3 is 19.6 Å². The molecule has 0 radical (unpaired) electrons. The number of fused-ring (bicyclic) bond motifs is 1. The Balaban J connectivity index is 1.65. The van der Waals surface area contributed by atoms with Gasteiger partial charge in [0.15, 0.2) is 0 Å². The Labute approximate surface area is 136 Å². The number of aliphatic hydroxyl groups excluding tert-OH is 1. The predicted molar refractivity (Wildman–Crippen MR) is 85.3 cm³/mol. The van der Waals surface area contributed by atoms with Crippen LogP contribution >= 0.6 is 0 Å². The maximum atomic E-state index is 12.1. The van der Waals surface area contributed by atoms with Crippen molar-refractivity contribution in [1.82, 2.24) is 14.9 Å². The van der Waals surface area contributed by atoms with Crippen LogP contribution in [0, 0.1) is 0 Å². The summed E-state index contributed by atoms with van der Waals surface area (Å²) in [6.07, 6.45) is 2.29. The Kier molecular flexibility index (Phi) is 4.14. The van der Waals surface area contributed by atoms with Gasteiger partial charge >= 0.3 is 6.09 Å². The van der Waals surface area contributed by atoms with Crippen LogP contribution in [0.1, 0.15) is 44.6 Å². The molecule has 1 saturated heterocycles. The lowest BCUT2D eigenvalue weighted by Gasteiger charge is -2.36. The first-order valence-electron chi connectivity index (χ1n) is 8.10. The quantitative estimate of drug-likeness (QED) is 0.845. The summed E-state index contributed by atoms with van der Waals surface area (Å²) < 4.78 is 5.42. The molecule has 1 amide bonds. The Hall–Kier alpha value is -1.89. The summed E-state index contributed by atoms with van der Waals surface area (Å²) in [6, 6.07) is 0. The topological polar surface area (TPSA) is 78.8 Å². The van der Waals surface area contributed by atoms with E-state index < -0.39 is 11.7 Å². The number of nitrogens with zero attached hydrogens (tertiary/aromatic N) is 4. The van der Waals surface area contributed by atoms with E-state index in [1.54, 1.807) is 4.90 Å². The lowest BCUT2D eigenvalue weighted by Crippen LogP contribution is -2.50. The minimum absolute atomic E-state index is 0.263. The van der Waals surface area contributed by atoms with Crippen LogP contribution in [0.25, 0.3) is 0 Å². The highest BCUT2D eigenvalue weighted by molar-refractivity contribution is 5.68. The summed E-state index contributed by atoms with van der Waals surface area (Å²) >= 11 is 0. The number of carbonyl (C=O) groups is 1. The smallest absolute Gasteiger partial charge is 0.410 e. The van der Waals surface area contributed by atoms with Crippen molar-refractivity contribution in [2.45, 2.75) is 45.3 Å². The van der Waals surface area contributed by atoms with Gasteiger partial charge in [-0.25, -0.2) is 14.8 Å². The van der Waals surface area contributed by atoms with Crippen molar-refractivity contribution >= 4 is 11.9 Å². The Morgan fingerprint density at radius 1 is 1.26 bits per heavy atom. The molecule has 0 bridgehead atoms. The normalized spacial score (nSPS) is 21.3. The summed E-state index contributed by atoms with van der Waals surface area (Å²) in [5.41, 5.74) is 1.33. The van der Waals surface area contributed by atoms with E-state index in [4.69, 9.17) is 4.74 Å². The number of carbonyl (C=O) groups excluding carboxylic acids is 1. The number of aromatic nitrogens is 2. The van der Waals surface area contributed by atoms with Gasteiger partial charge in [0.2, 0.25) is 0 Å². The highest BCUT2D eigenvalue weighted by atomic mass is 16.6. The molecular weight excluding hydrogens is 296 g/mol. The number of ether oxygens (including phenoxy) is 1. The summed E-state index contributed by atoms with van der Waals surface area (Å²) in [7, 11) is 0. The molecule has 2 heterocycles. The first kappa shape index (κ1) is 16.0. The third kappa shape index (κ3) is 3.39. The molecule has 1 aromatic rings. The van der Waals surface area contributed by atoms with E-state index in [0.717, 1.165) is 23.5 Å². The molecule has 1 aliphatic carbocycles. The van der Waals surface area contributed by atoms with Crippen molar-refractivity contribution in [1.29, 1.82) is 0 Å². The molecule has 1 aromatic heterocycles. The number of anilines is 1. The van der Waals surface area contributed by atoms with Crippen LogP contribution in [-0.4, -0.2) is 57.8 Å². The van der Waals surface area contributed by atoms with Crippen LogP contribution in [0.4, 0.5) is 10.6 Å². The number of aliphatic hydroxyl groups is 1. The van der Waals surface area contributed by atoms with E-state index in [0.29, 0.717) is 32.6 Å².